The first kappa shape index (κ1) is 14.8. The summed E-state index contributed by atoms with van der Waals surface area (Å²) < 4.78 is 0. The van der Waals surface area contributed by atoms with Gasteiger partial charge in [0.25, 0.3) is 11.8 Å². The van der Waals surface area contributed by atoms with Gasteiger partial charge >= 0.3 is 0 Å². The first-order valence-electron chi connectivity index (χ1n) is 7.54. The molecule has 0 saturated heterocycles. The zero-order valence-corrected chi connectivity index (χ0v) is 13.9. The highest BCUT2D eigenvalue weighted by Gasteiger charge is 2.40. The number of halogens is 1. The van der Waals surface area contributed by atoms with Crippen molar-refractivity contribution in [3.8, 4) is 0 Å². The Morgan fingerprint density at radius 1 is 0.917 bits per heavy atom. The van der Waals surface area contributed by atoms with Crippen molar-refractivity contribution >= 4 is 40.0 Å². The number of amides is 2. The van der Waals surface area contributed by atoms with Gasteiger partial charge < -0.3 is 0 Å². The second-order valence-electron chi connectivity index (χ2n) is 5.79. The minimum absolute atomic E-state index is 0.331. The van der Waals surface area contributed by atoms with E-state index in [-0.39, 0.29) is 11.8 Å². The number of hydrogen-bond acceptors (Lipinski definition) is 3. The van der Waals surface area contributed by atoms with E-state index in [9.17, 15) is 9.59 Å². The number of imide groups is 1. The van der Waals surface area contributed by atoms with Crippen molar-refractivity contribution in [3.63, 3.8) is 0 Å². The van der Waals surface area contributed by atoms with Crippen LogP contribution in [-0.4, -0.2) is 16.8 Å². The molecule has 118 valence electrons. The minimum atomic E-state index is -0.351. The Labute approximate surface area is 143 Å². The predicted octanol–water partition coefficient (Wildman–Crippen LogP) is 4.31. The van der Waals surface area contributed by atoms with E-state index in [0.29, 0.717) is 44.0 Å². The fourth-order valence-corrected chi connectivity index (χ4v) is 3.36. The quantitative estimate of drug-likeness (QED) is 0.622. The van der Waals surface area contributed by atoms with Gasteiger partial charge in [-0.15, -0.1) is 0 Å². The van der Waals surface area contributed by atoms with Crippen molar-refractivity contribution in [1.82, 2.24) is 4.98 Å². The van der Waals surface area contributed by atoms with Gasteiger partial charge in [-0.25, -0.2) is 4.90 Å². The number of hydrogen-bond donors (Lipinski definition) is 0. The van der Waals surface area contributed by atoms with Crippen LogP contribution >= 0.6 is 11.6 Å². The second kappa shape index (κ2) is 5.14. The summed E-state index contributed by atoms with van der Waals surface area (Å²) in [6.07, 6.45) is 0. The zero-order valence-electron chi connectivity index (χ0n) is 13.1. The van der Waals surface area contributed by atoms with Gasteiger partial charge in [-0.05, 0) is 37.6 Å². The van der Waals surface area contributed by atoms with Crippen LogP contribution in [0.1, 0.15) is 32.0 Å². The fourth-order valence-electron chi connectivity index (χ4n) is 3.19. The summed E-state index contributed by atoms with van der Waals surface area (Å²) in [5.74, 6) is -0.682. The Kier molecular flexibility index (Phi) is 3.18. The molecule has 5 heteroatoms. The Balaban J connectivity index is 2.01. The van der Waals surface area contributed by atoms with E-state index >= 15 is 0 Å². The van der Waals surface area contributed by atoms with Gasteiger partial charge in [-0.2, -0.15) is 0 Å². The van der Waals surface area contributed by atoms with Crippen molar-refractivity contribution in [2.45, 2.75) is 13.8 Å². The number of carbonyl (C=O) groups is 2. The summed E-state index contributed by atoms with van der Waals surface area (Å²) in [5, 5.41) is 1.21. The molecule has 24 heavy (non-hydrogen) atoms. The molecule has 0 unspecified atom stereocenters. The molecule has 1 aliphatic rings. The normalized spacial score (nSPS) is 13.7. The van der Waals surface area contributed by atoms with Crippen molar-refractivity contribution in [1.29, 1.82) is 0 Å². The van der Waals surface area contributed by atoms with Crippen LogP contribution in [0.4, 0.5) is 5.69 Å². The molecule has 0 N–H and O–H groups in total. The van der Waals surface area contributed by atoms with Crippen LogP contribution in [0.25, 0.3) is 10.9 Å². The highest BCUT2D eigenvalue weighted by Crippen LogP contribution is 2.36. The molecule has 1 aliphatic heterocycles. The van der Waals surface area contributed by atoms with Crippen molar-refractivity contribution in [3.05, 3.63) is 69.9 Å². The van der Waals surface area contributed by atoms with Crippen LogP contribution in [0.2, 0.25) is 5.02 Å². The fraction of sp³-hybridized carbons (Fsp3) is 0.105. The number of pyridine rings is 1. The maximum Gasteiger partial charge on any atom is 0.268 e. The van der Waals surface area contributed by atoms with Gasteiger partial charge in [-0.1, -0.05) is 35.9 Å². The van der Waals surface area contributed by atoms with Gasteiger partial charge in [0.05, 0.1) is 28.0 Å². The largest absolute Gasteiger partial charge is 0.268 e. The molecular formula is C19H13ClN2O2. The molecular weight excluding hydrogens is 324 g/mol. The summed E-state index contributed by atoms with van der Waals surface area (Å²) in [4.78, 5) is 31.7. The number of carbonyl (C=O) groups excluding carboxylic acids is 2. The highest BCUT2D eigenvalue weighted by molar-refractivity contribution is 6.38. The number of aryl methyl sites for hydroxylation is 1. The molecule has 2 amide bonds. The van der Waals surface area contributed by atoms with Crippen LogP contribution in [0, 0.1) is 13.8 Å². The summed E-state index contributed by atoms with van der Waals surface area (Å²) in [6, 6.07) is 12.6. The molecule has 0 radical (unpaired) electrons. The van der Waals surface area contributed by atoms with E-state index in [0.717, 1.165) is 0 Å². The Hall–Kier alpha value is -2.72. The zero-order chi connectivity index (χ0) is 17.0. The van der Waals surface area contributed by atoms with Crippen molar-refractivity contribution < 1.29 is 9.59 Å². The Bertz CT molecular complexity index is 1040. The molecule has 0 saturated carbocycles. The molecule has 4 rings (SSSR count). The van der Waals surface area contributed by atoms with E-state index in [2.05, 4.69) is 4.98 Å². The van der Waals surface area contributed by atoms with Crippen LogP contribution in [0.3, 0.4) is 0 Å². The monoisotopic (exact) mass is 336 g/mol. The van der Waals surface area contributed by atoms with E-state index in [4.69, 9.17) is 11.6 Å². The van der Waals surface area contributed by atoms with Gasteiger partial charge in [0, 0.05) is 10.4 Å². The second-order valence-corrected chi connectivity index (χ2v) is 6.20. The first-order valence-corrected chi connectivity index (χ1v) is 7.91. The predicted molar refractivity (Wildman–Crippen MR) is 93.8 cm³/mol. The number of benzene rings is 2. The average Bonchev–Trinajstić information content (AvgIpc) is 2.83. The Morgan fingerprint density at radius 2 is 1.62 bits per heavy atom. The van der Waals surface area contributed by atoms with Crippen LogP contribution < -0.4 is 4.90 Å². The smallest absolute Gasteiger partial charge is 0.268 e. The van der Waals surface area contributed by atoms with Crippen LogP contribution in [0.15, 0.2) is 42.5 Å². The molecule has 0 fully saturated rings. The summed E-state index contributed by atoms with van der Waals surface area (Å²) in [6.45, 7) is 3.55. The van der Waals surface area contributed by atoms with E-state index in [1.54, 1.807) is 32.0 Å². The first-order chi connectivity index (χ1) is 11.5. The lowest BCUT2D eigenvalue weighted by atomic mass is 10.0. The molecule has 2 heterocycles. The minimum Gasteiger partial charge on any atom is -0.268 e. The lowest BCUT2D eigenvalue weighted by molar-refractivity contribution is 0.0926. The summed E-state index contributed by atoms with van der Waals surface area (Å²) >= 11 is 6.16. The summed E-state index contributed by atoms with van der Waals surface area (Å²) in [5.41, 5.74) is 3.27. The maximum absolute atomic E-state index is 13.1. The molecule has 0 spiro atoms. The number of nitrogens with zero attached hydrogens (tertiary/aromatic N) is 2. The number of aromatic nitrogens is 1. The molecule has 2 aromatic carbocycles. The number of rotatable bonds is 1. The number of fused-ring (bicyclic) bond motifs is 3. The molecule has 0 atom stereocenters. The van der Waals surface area contributed by atoms with Gasteiger partial charge in [-0.3, -0.25) is 14.6 Å². The standard InChI is InChI=1S/C19H13ClN2O2/c1-10-13(20)7-5-9-15(10)22-18(23)16-11(2)21-14-8-4-3-6-12(14)17(16)19(22)24/h3-9H,1-2H3. The molecule has 0 aliphatic carbocycles. The van der Waals surface area contributed by atoms with Gasteiger partial charge in [0.1, 0.15) is 0 Å². The van der Waals surface area contributed by atoms with Gasteiger partial charge in [0.15, 0.2) is 0 Å². The molecule has 1 aromatic heterocycles. The van der Waals surface area contributed by atoms with E-state index in [1.807, 2.05) is 24.3 Å². The SMILES string of the molecule is Cc1nc2ccccc2c2c1C(=O)N(c1cccc(Cl)c1C)C2=O. The third kappa shape index (κ3) is 1.90. The van der Waals surface area contributed by atoms with Crippen molar-refractivity contribution in [2.24, 2.45) is 0 Å². The molecule has 3 aromatic rings. The van der Waals surface area contributed by atoms with Gasteiger partial charge in [0.2, 0.25) is 0 Å². The summed E-state index contributed by atoms with van der Waals surface area (Å²) in [7, 11) is 0. The van der Waals surface area contributed by atoms with E-state index < -0.39 is 0 Å². The van der Waals surface area contributed by atoms with E-state index in [1.165, 1.54) is 4.90 Å². The van der Waals surface area contributed by atoms with Crippen LogP contribution in [-0.2, 0) is 0 Å². The van der Waals surface area contributed by atoms with Crippen molar-refractivity contribution in [2.75, 3.05) is 4.90 Å². The highest BCUT2D eigenvalue weighted by atomic mass is 35.5. The van der Waals surface area contributed by atoms with Crippen LogP contribution in [0.5, 0.6) is 0 Å². The third-order valence-corrected chi connectivity index (χ3v) is 4.80. The number of para-hydroxylation sites is 1. The Morgan fingerprint density at radius 3 is 2.42 bits per heavy atom. The lowest BCUT2D eigenvalue weighted by Gasteiger charge is -2.17. The lowest BCUT2D eigenvalue weighted by Crippen LogP contribution is -2.30. The molecule has 4 nitrogen and oxygen atoms in total. The maximum atomic E-state index is 13.1. The number of anilines is 1. The third-order valence-electron chi connectivity index (χ3n) is 4.39. The topological polar surface area (TPSA) is 50.3 Å². The molecule has 0 bridgehead atoms. The average molecular weight is 337 g/mol.